The highest BCUT2D eigenvalue weighted by molar-refractivity contribution is 7.09. The lowest BCUT2D eigenvalue weighted by atomic mass is 10.2. The van der Waals surface area contributed by atoms with Crippen LogP contribution in [0.1, 0.15) is 37.8 Å². The average Bonchev–Trinajstić information content (AvgIpc) is 3.35. The van der Waals surface area contributed by atoms with Crippen LogP contribution in [0.5, 0.6) is 0 Å². The fourth-order valence-corrected chi connectivity index (χ4v) is 4.05. The summed E-state index contributed by atoms with van der Waals surface area (Å²) >= 11 is 1.67. The lowest BCUT2D eigenvalue weighted by Crippen LogP contribution is -2.30. The van der Waals surface area contributed by atoms with Crippen molar-refractivity contribution in [3.05, 3.63) is 75.7 Å². The molecule has 1 N–H and O–H groups in total. The predicted octanol–water partition coefficient (Wildman–Crippen LogP) is 2.96. The third kappa shape index (κ3) is 4.14. The minimum atomic E-state index is -0.237. The van der Waals surface area contributed by atoms with Gasteiger partial charge in [-0.05, 0) is 29.9 Å². The number of amides is 2. The fraction of sp³-hybridized carbons (Fsp3) is 0.286. The van der Waals surface area contributed by atoms with Crippen LogP contribution in [0.4, 0.5) is 0 Å². The van der Waals surface area contributed by atoms with E-state index in [0.29, 0.717) is 37.6 Å². The van der Waals surface area contributed by atoms with E-state index in [1.807, 2.05) is 46.7 Å². The van der Waals surface area contributed by atoms with Gasteiger partial charge >= 0.3 is 0 Å². The Bertz CT molecular complexity index is 950. The van der Waals surface area contributed by atoms with E-state index in [0.717, 1.165) is 18.4 Å². The smallest absolute Gasteiger partial charge is 0.272 e. The van der Waals surface area contributed by atoms with Crippen molar-refractivity contribution in [2.45, 2.75) is 25.9 Å². The molecule has 28 heavy (non-hydrogen) atoms. The summed E-state index contributed by atoms with van der Waals surface area (Å²) in [5, 5.41) is 9.30. The molecule has 2 aromatic heterocycles. The molecule has 6 nitrogen and oxygen atoms in total. The van der Waals surface area contributed by atoms with Gasteiger partial charge in [-0.15, -0.1) is 11.3 Å². The standard InChI is InChI=1S/C21H22N4O2S/c26-20(22-10-9-17-8-4-13-28-17)18-14-19-21(27)24(11-5-12-25(19)23-18)15-16-6-2-1-3-7-16/h1-4,6-8,13-14H,5,9-12,15H2,(H,22,26). The van der Waals surface area contributed by atoms with Crippen molar-refractivity contribution in [2.75, 3.05) is 13.1 Å². The van der Waals surface area contributed by atoms with E-state index < -0.39 is 0 Å². The molecule has 1 aromatic carbocycles. The molecule has 144 valence electrons. The fourth-order valence-electron chi connectivity index (χ4n) is 3.34. The van der Waals surface area contributed by atoms with Gasteiger partial charge in [-0.1, -0.05) is 36.4 Å². The van der Waals surface area contributed by atoms with Crippen LogP contribution in [0, 0.1) is 0 Å². The van der Waals surface area contributed by atoms with Gasteiger partial charge in [0.1, 0.15) is 5.69 Å². The Morgan fingerprint density at radius 2 is 2.00 bits per heavy atom. The molecule has 1 aliphatic rings. The Hall–Kier alpha value is -2.93. The molecule has 0 fully saturated rings. The van der Waals surface area contributed by atoms with Gasteiger partial charge in [0.05, 0.1) is 0 Å². The molecule has 0 bridgehead atoms. The summed E-state index contributed by atoms with van der Waals surface area (Å²) in [6.07, 6.45) is 1.60. The van der Waals surface area contributed by atoms with Gasteiger partial charge in [0.25, 0.3) is 11.8 Å². The van der Waals surface area contributed by atoms with Gasteiger partial charge in [-0.25, -0.2) is 0 Å². The molecule has 7 heteroatoms. The molecule has 0 aliphatic carbocycles. The maximum Gasteiger partial charge on any atom is 0.272 e. The molecule has 1 aliphatic heterocycles. The van der Waals surface area contributed by atoms with Gasteiger partial charge in [0.15, 0.2) is 5.69 Å². The second kappa shape index (κ2) is 8.39. The largest absolute Gasteiger partial charge is 0.350 e. The number of benzene rings is 1. The van der Waals surface area contributed by atoms with Crippen molar-refractivity contribution in [3.63, 3.8) is 0 Å². The highest BCUT2D eigenvalue weighted by atomic mass is 32.1. The molecule has 0 atom stereocenters. The SMILES string of the molecule is O=C(NCCc1cccs1)c1cc2n(n1)CCCN(Cc1ccccc1)C2=O. The molecule has 0 saturated carbocycles. The number of carbonyl (C=O) groups is 2. The summed E-state index contributed by atoms with van der Waals surface area (Å²) in [6.45, 7) is 2.43. The first kappa shape index (κ1) is 18.4. The molecule has 0 unspecified atom stereocenters. The van der Waals surface area contributed by atoms with Crippen LogP contribution >= 0.6 is 11.3 Å². The minimum absolute atomic E-state index is 0.0773. The zero-order valence-corrected chi connectivity index (χ0v) is 16.3. The second-order valence-corrected chi connectivity index (χ2v) is 7.82. The van der Waals surface area contributed by atoms with Gasteiger partial charge in [0.2, 0.25) is 0 Å². The van der Waals surface area contributed by atoms with Crippen molar-refractivity contribution < 1.29 is 9.59 Å². The number of nitrogens with one attached hydrogen (secondary N) is 1. The molecule has 0 saturated heterocycles. The molecular weight excluding hydrogens is 372 g/mol. The highest BCUT2D eigenvalue weighted by Crippen LogP contribution is 2.17. The Balaban J connectivity index is 1.43. The zero-order valence-electron chi connectivity index (χ0n) is 15.5. The zero-order chi connectivity index (χ0) is 19.3. The van der Waals surface area contributed by atoms with E-state index in [9.17, 15) is 9.59 Å². The van der Waals surface area contributed by atoms with E-state index in [2.05, 4.69) is 16.5 Å². The second-order valence-electron chi connectivity index (χ2n) is 6.79. The summed E-state index contributed by atoms with van der Waals surface area (Å²) in [7, 11) is 0. The summed E-state index contributed by atoms with van der Waals surface area (Å²) in [5.74, 6) is -0.314. The number of thiophene rings is 1. The summed E-state index contributed by atoms with van der Waals surface area (Å²) in [5.41, 5.74) is 1.88. The van der Waals surface area contributed by atoms with Crippen LogP contribution in [0.25, 0.3) is 0 Å². The van der Waals surface area contributed by atoms with Crippen LogP contribution in [0.3, 0.4) is 0 Å². The normalized spacial score (nSPS) is 13.9. The quantitative estimate of drug-likeness (QED) is 0.699. The summed E-state index contributed by atoms with van der Waals surface area (Å²) in [4.78, 5) is 28.5. The van der Waals surface area contributed by atoms with E-state index in [1.165, 1.54) is 4.88 Å². The maximum atomic E-state index is 13.0. The Kier molecular flexibility index (Phi) is 5.53. The average molecular weight is 395 g/mol. The van der Waals surface area contributed by atoms with Gasteiger partial charge in [-0.3, -0.25) is 14.3 Å². The summed E-state index contributed by atoms with van der Waals surface area (Å²) < 4.78 is 1.67. The molecule has 0 radical (unpaired) electrons. The van der Waals surface area contributed by atoms with Gasteiger partial charge < -0.3 is 10.2 Å². The van der Waals surface area contributed by atoms with Crippen LogP contribution in [-0.4, -0.2) is 39.6 Å². The Morgan fingerprint density at radius 3 is 2.79 bits per heavy atom. The van der Waals surface area contributed by atoms with Gasteiger partial charge in [-0.2, -0.15) is 5.10 Å². The van der Waals surface area contributed by atoms with Crippen LogP contribution in [0.2, 0.25) is 0 Å². The van der Waals surface area contributed by atoms with E-state index >= 15 is 0 Å². The third-order valence-corrected chi connectivity index (χ3v) is 5.71. The molecular formula is C21H22N4O2S. The minimum Gasteiger partial charge on any atom is -0.350 e. The van der Waals surface area contributed by atoms with Crippen molar-refractivity contribution in [3.8, 4) is 0 Å². The number of fused-ring (bicyclic) bond motifs is 1. The van der Waals surface area contributed by atoms with E-state index in [1.54, 1.807) is 22.1 Å². The maximum absolute atomic E-state index is 13.0. The summed E-state index contributed by atoms with van der Waals surface area (Å²) in [6, 6.07) is 15.6. The molecule has 3 aromatic rings. The molecule has 4 rings (SSSR count). The lowest BCUT2D eigenvalue weighted by molar-refractivity contribution is 0.0745. The van der Waals surface area contributed by atoms with E-state index in [4.69, 9.17) is 0 Å². The number of hydrogen-bond acceptors (Lipinski definition) is 4. The third-order valence-electron chi connectivity index (χ3n) is 4.77. The number of hydrogen-bond donors (Lipinski definition) is 1. The first-order valence-corrected chi connectivity index (χ1v) is 10.3. The number of nitrogens with zero attached hydrogens (tertiary/aromatic N) is 3. The van der Waals surface area contributed by atoms with Crippen LogP contribution in [-0.2, 0) is 19.5 Å². The Morgan fingerprint density at radius 1 is 1.14 bits per heavy atom. The van der Waals surface area contributed by atoms with Crippen molar-refractivity contribution >= 4 is 23.2 Å². The number of rotatable bonds is 6. The van der Waals surface area contributed by atoms with Crippen molar-refractivity contribution in [2.24, 2.45) is 0 Å². The lowest BCUT2D eigenvalue weighted by Gasteiger charge is -2.20. The molecule has 0 spiro atoms. The molecule has 2 amide bonds. The predicted molar refractivity (Wildman–Crippen MR) is 108 cm³/mol. The Labute approximate surface area is 167 Å². The first-order chi connectivity index (χ1) is 13.7. The highest BCUT2D eigenvalue weighted by Gasteiger charge is 2.26. The molecule has 3 heterocycles. The first-order valence-electron chi connectivity index (χ1n) is 9.42. The van der Waals surface area contributed by atoms with E-state index in [-0.39, 0.29) is 11.8 Å². The van der Waals surface area contributed by atoms with Crippen molar-refractivity contribution in [1.29, 1.82) is 0 Å². The van der Waals surface area contributed by atoms with Gasteiger partial charge in [0, 0.05) is 37.1 Å². The van der Waals surface area contributed by atoms with Crippen LogP contribution < -0.4 is 5.32 Å². The number of aryl methyl sites for hydroxylation is 1. The number of carbonyl (C=O) groups excluding carboxylic acids is 2. The monoisotopic (exact) mass is 394 g/mol. The number of aromatic nitrogens is 2. The van der Waals surface area contributed by atoms with Crippen molar-refractivity contribution in [1.82, 2.24) is 20.0 Å². The topological polar surface area (TPSA) is 67.2 Å². The van der Waals surface area contributed by atoms with Crippen LogP contribution in [0.15, 0.2) is 53.9 Å².